The Morgan fingerprint density at radius 2 is 1.64 bits per heavy atom. The Morgan fingerprint density at radius 3 is 2.36 bits per heavy atom. The topological polar surface area (TPSA) is 32.3 Å². The molecule has 1 heterocycles. The predicted octanol–water partition coefficient (Wildman–Crippen LogP) is 2.98. The molecule has 1 aliphatic carbocycles. The highest BCUT2D eigenvalue weighted by atomic mass is 16.2. The number of aryl methyl sites for hydroxylation is 1. The van der Waals surface area contributed by atoms with Crippen LogP contribution in [0.4, 0.5) is 0 Å². The summed E-state index contributed by atoms with van der Waals surface area (Å²) in [5.41, 5.74) is 4.20. The number of hydrogen-bond donors (Lipinski definition) is 1. The van der Waals surface area contributed by atoms with E-state index in [1.807, 2.05) is 23.1 Å². The molecule has 3 heteroatoms. The van der Waals surface area contributed by atoms with Crippen molar-refractivity contribution in [3.8, 4) is 0 Å². The second-order valence-electron chi connectivity index (χ2n) is 7.35. The number of fused-ring (bicyclic) bond motifs is 1. The van der Waals surface area contributed by atoms with E-state index in [-0.39, 0.29) is 0 Å². The molecule has 0 spiro atoms. The third kappa shape index (κ3) is 3.93. The van der Waals surface area contributed by atoms with E-state index in [2.05, 4.69) is 41.7 Å². The third-order valence-electron chi connectivity index (χ3n) is 5.53. The summed E-state index contributed by atoms with van der Waals surface area (Å²) in [6, 6.07) is 20.0. The Morgan fingerprint density at radius 1 is 0.960 bits per heavy atom. The fraction of sp³-hybridized carbons (Fsp3) is 0.409. The van der Waals surface area contributed by atoms with Crippen molar-refractivity contribution >= 4 is 5.91 Å². The second-order valence-corrected chi connectivity index (χ2v) is 7.35. The average Bonchev–Trinajstić information content (AvgIpc) is 3.27. The van der Waals surface area contributed by atoms with Crippen LogP contribution in [0.3, 0.4) is 0 Å². The third-order valence-corrected chi connectivity index (χ3v) is 5.53. The lowest BCUT2D eigenvalue weighted by molar-refractivity contribution is -0.130. The molecule has 2 aromatic rings. The minimum Gasteiger partial charge on any atom is -0.341 e. The van der Waals surface area contributed by atoms with Crippen molar-refractivity contribution in [2.75, 3.05) is 13.1 Å². The lowest BCUT2D eigenvalue weighted by Crippen LogP contribution is -2.41. The maximum atomic E-state index is 12.5. The molecule has 0 saturated carbocycles. The molecule has 130 valence electrons. The number of carbonyl (C=O) groups is 1. The van der Waals surface area contributed by atoms with E-state index < -0.39 is 0 Å². The molecule has 1 N–H and O–H groups in total. The zero-order chi connectivity index (χ0) is 17.1. The summed E-state index contributed by atoms with van der Waals surface area (Å²) in [6.07, 6.45) is 4.77. The predicted molar refractivity (Wildman–Crippen MR) is 101 cm³/mol. The van der Waals surface area contributed by atoms with Crippen molar-refractivity contribution in [1.29, 1.82) is 0 Å². The number of amides is 1. The Balaban J connectivity index is 1.24. The van der Waals surface area contributed by atoms with Crippen LogP contribution >= 0.6 is 0 Å². The normalized spacial score (nSPS) is 20.0. The van der Waals surface area contributed by atoms with Crippen LogP contribution in [0.25, 0.3) is 0 Å². The van der Waals surface area contributed by atoms with Crippen molar-refractivity contribution in [3.05, 3.63) is 71.3 Å². The summed E-state index contributed by atoms with van der Waals surface area (Å²) in [7, 11) is 0. The van der Waals surface area contributed by atoms with Gasteiger partial charge in [0.25, 0.3) is 0 Å². The van der Waals surface area contributed by atoms with Gasteiger partial charge in [-0.2, -0.15) is 0 Å². The van der Waals surface area contributed by atoms with Gasteiger partial charge in [-0.25, -0.2) is 0 Å². The first-order valence-electron chi connectivity index (χ1n) is 9.42. The first-order valence-corrected chi connectivity index (χ1v) is 9.42. The monoisotopic (exact) mass is 334 g/mol. The number of likely N-dealkylation sites (tertiary alicyclic amines) is 1. The summed E-state index contributed by atoms with van der Waals surface area (Å²) >= 11 is 0. The van der Waals surface area contributed by atoms with Crippen molar-refractivity contribution in [3.63, 3.8) is 0 Å². The van der Waals surface area contributed by atoms with Crippen LogP contribution in [-0.4, -0.2) is 36.0 Å². The SMILES string of the molecule is O=C(CCc1ccccc1)N1CC[C@@H](NC2Cc3ccccc3C2)C1. The van der Waals surface area contributed by atoms with E-state index in [1.165, 1.54) is 16.7 Å². The molecule has 0 aromatic heterocycles. The number of hydrogen-bond acceptors (Lipinski definition) is 2. The van der Waals surface area contributed by atoms with Gasteiger partial charge in [0.1, 0.15) is 0 Å². The van der Waals surface area contributed by atoms with E-state index in [1.54, 1.807) is 0 Å². The number of nitrogens with one attached hydrogen (secondary N) is 1. The van der Waals surface area contributed by atoms with Crippen LogP contribution in [0.2, 0.25) is 0 Å². The smallest absolute Gasteiger partial charge is 0.222 e. The molecule has 25 heavy (non-hydrogen) atoms. The van der Waals surface area contributed by atoms with Crippen molar-refractivity contribution in [2.24, 2.45) is 0 Å². The summed E-state index contributed by atoms with van der Waals surface area (Å²) < 4.78 is 0. The van der Waals surface area contributed by atoms with E-state index in [0.29, 0.717) is 24.4 Å². The Labute approximate surface area is 150 Å². The molecule has 2 aliphatic rings. The first-order chi connectivity index (χ1) is 12.3. The number of benzene rings is 2. The largest absolute Gasteiger partial charge is 0.341 e. The highest BCUT2D eigenvalue weighted by Gasteiger charge is 2.29. The zero-order valence-corrected chi connectivity index (χ0v) is 14.7. The molecular formula is C22H26N2O. The van der Waals surface area contributed by atoms with Crippen molar-refractivity contribution < 1.29 is 4.79 Å². The van der Waals surface area contributed by atoms with Crippen LogP contribution in [0, 0.1) is 0 Å². The molecule has 1 aliphatic heterocycles. The van der Waals surface area contributed by atoms with Gasteiger partial charge in [0, 0.05) is 31.6 Å². The Kier molecular flexibility index (Phi) is 4.84. The van der Waals surface area contributed by atoms with Crippen molar-refractivity contribution in [2.45, 2.75) is 44.2 Å². The summed E-state index contributed by atoms with van der Waals surface area (Å²) in [4.78, 5) is 14.5. The van der Waals surface area contributed by atoms with Gasteiger partial charge < -0.3 is 10.2 Å². The molecule has 0 bridgehead atoms. The average molecular weight is 334 g/mol. The van der Waals surface area contributed by atoms with Crippen molar-refractivity contribution in [1.82, 2.24) is 10.2 Å². The maximum Gasteiger partial charge on any atom is 0.222 e. The second kappa shape index (κ2) is 7.40. The van der Waals surface area contributed by atoms with Gasteiger partial charge >= 0.3 is 0 Å². The molecular weight excluding hydrogens is 308 g/mol. The van der Waals surface area contributed by atoms with E-state index in [0.717, 1.165) is 38.8 Å². The first kappa shape index (κ1) is 16.3. The standard InChI is InChI=1S/C22H26N2O/c25-22(11-10-17-6-2-1-3-7-17)24-13-12-20(16-24)23-21-14-18-8-4-5-9-19(18)15-21/h1-9,20-21,23H,10-16H2/t20-/m1/s1. The summed E-state index contributed by atoms with van der Waals surface area (Å²) in [5, 5.41) is 3.79. The number of carbonyl (C=O) groups excluding carboxylic acids is 1. The van der Waals surface area contributed by atoms with Crippen LogP contribution < -0.4 is 5.32 Å². The molecule has 1 fully saturated rings. The summed E-state index contributed by atoms with van der Waals surface area (Å²) in [5.74, 6) is 0.294. The quantitative estimate of drug-likeness (QED) is 0.912. The van der Waals surface area contributed by atoms with E-state index >= 15 is 0 Å². The van der Waals surface area contributed by atoms with Crippen LogP contribution in [0.15, 0.2) is 54.6 Å². The van der Waals surface area contributed by atoms with E-state index in [4.69, 9.17) is 0 Å². The van der Waals surface area contributed by atoms with Gasteiger partial charge in [0.15, 0.2) is 0 Å². The highest BCUT2D eigenvalue weighted by Crippen LogP contribution is 2.23. The Bertz CT molecular complexity index is 703. The fourth-order valence-electron chi connectivity index (χ4n) is 4.19. The molecule has 2 aromatic carbocycles. The molecule has 0 unspecified atom stereocenters. The Hall–Kier alpha value is -2.13. The molecule has 1 saturated heterocycles. The molecule has 1 amide bonds. The minimum atomic E-state index is 0.294. The van der Waals surface area contributed by atoms with Gasteiger partial charge in [-0.05, 0) is 42.4 Å². The number of nitrogens with zero attached hydrogens (tertiary/aromatic N) is 1. The van der Waals surface area contributed by atoms with Crippen LogP contribution in [-0.2, 0) is 24.1 Å². The maximum absolute atomic E-state index is 12.5. The molecule has 0 radical (unpaired) electrons. The molecule has 4 rings (SSSR count). The van der Waals surface area contributed by atoms with Gasteiger partial charge in [-0.3, -0.25) is 4.79 Å². The van der Waals surface area contributed by atoms with Crippen LogP contribution in [0.5, 0.6) is 0 Å². The van der Waals surface area contributed by atoms with Gasteiger partial charge in [-0.15, -0.1) is 0 Å². The minimum absolute atomic E-state index is 0.294. The van der Waals surface area contributed by atoms with E-state index in [9.17, 15) is 4.79 Å². The van der Waals surface area contributed by atoms with Crippen LogP contribution in [0.1, 0.15) is 29.5 Å². The number of rotatable bonds is 5. The van der Waals surface area contributed by atoms with Gasteiger partial charge in [0.2, 0.25) is 5.91 Å². The zero-order valence-electron chi connectivity index (χ0n) is 14.7. The lowest BCUT2D eigenvalue weighted by atomic mass is 10.1. The highest BCUT2D eigenvalue weighted by molar-refractivity contribution is 5.76. The lowest BCUT2D eigenvalue weighted by Gasteiger charge is -2.20. The molecule has 3 nitrogen and oxygen atoms in total. The molecule has 1 atom stereocenters. The van der Waals surface area contributed by atoms with Gasteiger partial charge in [-0.1, -0.05) is 54.6 Å². The fourth-order valence-corrected chi connectivity index (χ4v) is 4.19. The van der Waals surface area contributed by atoms with Gasteiger partial charge in [0.05, 0.1) is 0 Å². The summed E-state index contributed by atoms with van der Waals surface area (Å²) in [6.45, 7) is 1.76.